The fraction of sp³-hybridized carbons (Fsp3) is 0.800. The van der Waals surface area contributed by atoms with Gasteiger partial charge in [-0.1, -0.05) is 18.6 Å². The number of allylic oxidation sites excluding steroid dienone is 2. The summed E-state index contributed by atoms with van der Waals surface area (Å²) in [6.07, 6.45) is 5.00. The molecule has 0 aliphatic carbocycles. The van der Waals surface area contributed by atoms with Gasteiger partial charge in [0, 0.05) is 0 Å². The Labute approximate surface area is 96.8 Å². The lowest BCUT2D eigenvalue weighted by Crippen LogP contribution is -1.99. The third kappa shape index (κ3) is 12.2. The molecule has 0 amide bonds. The molecule has 0 bridgehead atoms. The van der Waals surface area contributed by atoms with Crippen LogP contribution in [0.4, 0.5) is 4.20 Å². The molecule has 0 heterocycles. The van der Waals surface area contributed by atoms with Crippen LogP contribution in [0.1, 0.15) is 40.0 Å². The highest BCUT2D eigenvalue weighted by atomic mass is 32.5. The quantitative estimate of drug-likeness (QED) is 0.551. The number of hydrogen-bond acceptors (Lipinski definition) is 2. The summed E-state index contributed by atoms with van der Waals surface area (Å²) in [5.41, 5.74) is 1.31. The van der Waals surface area contributed by atoms with Gasteiger partial charge in [0.25, 0.3) is 0 Å². The molecular formula is C10H20FO2PS. The topological polar surface area (TPSA) is 29.5 Å². The van der Waals surface area contributed by atoms with Crippen LogP contribution in [0.3, 0.4) is 0 Å². The van der Waals surface area contributed by atoms with Gasteiger partial charge in [-0.05, 0) is 50.8 Å². The van der Waals surface area contributed by atoms with Gasteiger partial charge in [0.05, 0.1) is 6.61 Å². The van der Waals surface area contributed by atoms with Crippen LogP contribution in [-0.4, -0.2) is 11.5 Å². The van der Waals surface area contributed by atoms with Crippen LogP contribution in [0.25, 0.3) is 0 Å². The average molecular weight is 254 g/mol. The Kier molecular flexibility index (Phi) is 7.62. The maximum atomic E-state index is 12.4. The first-order chi connectivity index (χ1) is 6.81. The molecule has 0 aromatic rings. The summed E-state index contributed by atoms with van der Waals surface area (Å²) >= 11 is 4.13. The van der Waals surface area contributed by atoms with Gasteiger partial charge in [0.2, 0.25) is 0 Å². The van der Waals surface area contributed by atoms with Crippen LogP contribution < -0.4 is 0 Å². The SMILES string of the molecule is CC(C)=CCCC(C)CCOP(O)(F)=S. The lowest BCUT2D eigenvalue weighted by Gasteiger charge is -2.11. The van der Waals surface area contributed by atoms with Gasteiger partial charge in [-0.25, -0.2) is 0 Å². The highest BCUT2D eigenvalue weighted by molar-refractivity contribution is 8.06. The second-order valence-corrected chi connectivity index (χ2v) is 6.55. The van der Waals surface area contributed by atoms with Crippen LogP contribution >= 0.6 is 6.80 Å². The molecule has 0 aliphatic heterocycles. The molecule has 90 valence electrons. The Bertz CT molecular complexity index is 246. The van der Waals surface area contributed by atoms with E-state index in [4.69, 9.17) is 4.89 Å². The van der Waals surface area contributed by atoms with E-state index in [1.807, 2.05) is 0 Å². The molecule has 2 nitrogen and oxygen atoms in total. The number of halogens is 1. The third-order valence-electron chi connectivity index (χ3n) is 2.07. The van der Waals surface area contributed by atoms with E-state index in [9.17, 15) is 4.20 Å². The van der Waals surface area contributed by atoms with Gasteiger partial charge in [-0.3, -0.25) is 0 Å². The highest BCUT2D eigenvalue weighted by Gasteiger charge is 2.11. The molecule has 0 saturated carbocycles. The maximum Gasteiger partial charge on any atom is 0.363 e. The van der Waals surface area contributed by atoms with E-state index in [1.54, 1.807) is 0 Å². The molecule has 2 unspecified atom stereocenters. The van der Waals surface area contributed by atoms with E-state index in [0.717, 1.165) is 19.3 Å². The van der Waals surface area contributed by atoms with Crippen molar-refractivity contribution in [1.82, 2.24) is 0 Å². The monoisotopic (exact) mass is 254 g/mol. The van der Waals surface area contributed by atoms with E-state index in [2.05, 4.69) is 43.2 Å². The zero-order valence-electron chi connectivity index (χ0n) is 9.57. The van der Waals surface area contributed by atoms with Crippen molar-refractivity contribution >= 4 is 18.6 Å². The van der Waals surface area contributed by atoms with Gasteiger partial charge >= 0.3 is 6.80 Å². The van der Waals surface area contributed by atoms with Crippen molar-refractivity contribution in [3.8, 4) is 0 Å². The Balaban J connectivity index is 3.54. The van der Waals surface area contributed by atoms with E-state index in [0.29, 0.717) is 5.92 Å². The predicted octanol–water partition coefficient (Wildman–Crippen LogP) is 3.96. The standard InChI is InChI=1S/C10H20FO2PS/c1-9(2)5-4-6-10(3)7-8-13-14(11,12)15/h5,10H,4,6-8H2,1-3H3,(H,12,15). The number of hydrogen-bond donors (Lipinski definition) is 1. The minimum Gasteiger partial charge on any atom is -0.321 e. The van der Waals surface area contributed by atoms with Crippen molar-refractivity contribution in [2.45, 2.75) is 40.0 Å². The highest BCUT2D eigenvalue weighted by Crippen LogP contribution is 2.43. The van der Waals surface area contributed by atoms with Gasteiger partial charge in [0.1, 0.15) is 0 Å². The Morgan fingerprint density at radius 1 is 1.53 bits per heavy atom. The second kappa shape index (κ2) is 7.50. The Morgan fingerprint density at radius 3 is 2.60 bits per heavy atom. The first kappa shape index (κ1) is 15.2. The molecule has 0 aliphatic rings. The zero-order valence-corrected chi connectivity index (χ0v) is 11.3. The number of rotatable bonds is 7. The normalized spacial score (nSPS) is 16.9. The molecule has 2 atom stereocenters. The van der Waals surface area contributed by atoms with Crippen molar-refractivity contribution in [2.24, 2.45) is 5.92 Å². The second-order valence-electron chi connectivity index (χ2n) is 4.04. The first-order valence-corrected chi connectivity index (χ1v) is 7.68. The molecule has 0 saturated heterocycles. The lowest BCUT2D eigenvalue weighted by atomic mass is 10.0. The molecule has 0 aromatic carbocycles. The lowest BCUT2D eigenvalue weighted by molar-refractivity contribution is 0.253. The third-order valence-corrected chi connectivity index (χ3v) is 2.89. The van der Waals surface area contributed by atoms with E-state index in [-0.39, 0.29) is 6.61 Å². The van der Waals surface area contributed by atoms with Crippen molar-refractivity contribution < 1.29 is 13.6 Å². The van der Waals surface area contributed by atoms with Crippen molar-refractivity contribution in [3.63, 3.8) is 0 Å². The zero-order chi connectivity index (χ0) is 11.9. The summed E-state index contributed by atoms with van der Waals surface area (Å²) in [5, 5.41) is 0. The molecular weight excluding hydrogens is 234 g/mol. The molecule has 1 N–H and O–H groups in total. The van der Waals surface area contributed by atoms with Crippen molar-refractivity contribution in [2.75, 3.05) is 6.61 Å². The van der Waals surface area contributed by atoms with Crippen LogP contribution in [0.2, 0.25) is 0 Å². The Hall–Kier alpha value is 0.240. The maximum absolute atomic E-state index is 12.4. The molecule has 15 heavy (non-hydrogen) atoms. The van der Waals surface area contributed by atoms with Crippen LogP contribution in [-0.2, 0) is 16.3 Å². The fourth-order valence-corrected chi connectivity index (χ4v) is 1.72. The minimum absolute atomic E-state index is 0.209. The van der Waals surface area contributed by atoms with E-state index < -0.39 is 6.80 Å². The van der Waals surface area contributed by atoms with Gasteiger partial charge in [0.15, 0.2) is 0 Å². The molecule has 0 fully saturated rings. The minimum atomic E-state index is -3.94. The summed E-state index contributed by atoms with van der Waals surface area (Å²) in [5.74, 6) is 0.460. The summed E-state index contributed by atoms with van der Waals surface area (Å²) in [4.78, 5) is 8.61. The van der Waals surface area contributed by atoms with Gasteiger partial charge in [-0.15, -0.1) is 0 Å². The van der Waals surface area contributed by atoms with Crippen LogP contribution in [0, 0.1) is 5.92 Å². The van der Waals surface area contributed by atoms with E-state index >= 15 is 0 Å². The van der Waals surface area contributed by atoms with E-state index in [1.165, 1.54) is 5.57 Å². The van der Waals surface area contributed by atoms with Gasteiger partial charge in [-0.2, -0.15) is 4.20 Å². The van der Waals surface area contributed by atoms with Crippen LogP contribution in [0.15, 0.2) is 11.6 Å². The molecule has 0 spiro atoms. The van der Waals surface area contributed by atoms with Crippen molar-refractivity contribution in [3.05, 3.63) is 11.6 Å². The molecule has 0 rings (SSSR count). The van der Waals surface area contributed by atoms with Crippen LogP contribution in [0.5, 0.6) is 0 Å². The Morgan fingerprint density at radius 2 is 2.13 bits per heavy atom. The summed E-state index contributed by atoms with van der Waals surface area (Å²) < 4.78 is 17.0. The summed E-state index contributed by atoms with van der Waals surface area (Å²) in [7, 11) is 0. The molecule has 5 heteroatoms. The molecule has 0 aromatic heterocycles. The van der Waals surface area contributed by atoms with Gasteiger partial charge < -0.3 is 9.42 Å². The summed E-state index contributed by atoms with van der Waals surface area (Å²) in [6, 6.07) is 0. The summed E-state index contributed by atoms with van der Waals surface area (Å²) in [6.45, 7) is 2.49. The van der Waals surface area contributed by atoms with Crippen molar-refractivity contribution in [1.29, 1.82) is 0 Å². The first-order valence-electron chi connectivity index (χ1n) is 5.11. The average Bonchev–Trinajstić information content (AvgIpc) is 2.00. The smallest absolute Gasteiger partial charge is 0.321 e. The fourth-order valence-electron chi connectivity index (χ4n) is 1.17. The largest absolute Gasteiger partial charge is 0.363 e. The molecule has 0 radical (unpaired) electrons. The predicted molar refractivity (Wildman–Crippen MR) is 66.0 cm³/mol.